The molecule has 0 spiro atoms. The van der Waals surface area contributed by atoms with Gasteiger partial charge < -0.3 is 9.97 Å². The second-order valence-corrected chi connectivity index (χ2v) is 4.80. The Kier molecular flexibility index (Phi) is 2.14. The summed E-state index contributed by atoms with van der Waals surface area (Å²) in [5.74, 6) is 0. The van der Waals surface area contributed by atoms with E-state index in [2.05, 4.69) is 20.0 Å². The summed E-state index contributed by atoms with van der Waals surface area (Å²) in [6.07, 6.45) is 7.89. The molecule has 1 aromatic carbocycles. The lowest BCUT2D eigenvalue weighted by Crippen LogP contribution is -2.39. The summed E-state index contributed by atoms with van der Waals surface area (Å²) in [7, 11) is 0. The van der Waals surface area contributed by atoms with Gasteiger partial charge in [0.15, 0.2) is 0 Å². The van der Waals surface area contributed by atoms with E-state index in [-0.39, 0.29) is 12.1 Å². The molecule has 0 bridgehead atoms. The molecule has 0 saturated carbocycles. The third-order valence-corrected chi connectivity index (χ3v) is 3.47. The molecule has 0 unspecified atom stereocenters. The van der Waals surface area contributed by atoms with Crippen molar-refractivity contribution in [1.29, 1.82) is 0 Å². The van der Waals surface area contributed by atoms with Crippen molar-refractivity contribution in [2.75, 3.05) is 0 Å². The number of rotatable bonds is 0. The number of allylic oxidation sites excluding steroid dienone is 2. The predicted molar refractivity (Wildman–Crippen MR) is 73.4 cm³/mol. The highest BCUT2D eigenvalue weighted by molar-refractivity contribution is 5.72. The highest BCUT2D eigenvalue weighted by Crippen LogP contribution is 2.13. The minimum absolute atomic E-state index is 0.000525. The highest BCUT2D eigenvalue weighted by Gasteiger charge is 2.19. The summed E-state index contributed by atoms with van der Waals surface area (Å²) in [4.78, 5) is 37.1. The third-order valence-electron chi connectivity index (χ3n) is 3.47. The van der Waals surface area contributed by atoms with Crippen molar-refractivity contribution >= 4 is 11.0 Å². The molecule has 1 aliphatic carbocycles. The van der Waals surface area contributed by atoms with Gasteiger partial charge in [-0.2, -0.15) is 0 Å². The fraction of sp³-hybridized carbons (Fsp3) is 0.143. The summed E-state index contributed by atoms with van der Waals surface area (Å²) >= 11 is 0. The Morgan fingerprint density at radius 2 is 1.25 bits per heavy atom. The zero-order chi connectivity index (χ0) is 13.7. The van der Waals surface area contributed by atoms with Gasteiger partial charge in [-0.3, -0.25) is 19.6 Å². The van der Waals surface area contributed by atoms with Gasteiger partial charge in [0.05, 0.1) is 33.8 Å². The molecular formula is C14H10N4O2. The molecule has 0 amide bonds. The van der Waals surface area contributed by atoms with Crippen molar-refractivity contribution in [2.24, 2.45) is 9.98 Å². The first-order valence-electron chi connectivity index (χ1n) is 6.28. The first-order valence-corrected chi connectivity index (χ1v) is 6.28. The molecule has 1 aliphatic heterocycles. The maximum absolute atomic E-state index is 11.4. The van der Waals surface area contributed by atoms with Crippen molar-refractivity contribution in [1.82, 2.24) is 9.97 Å². The number of aromatic nitrogens is 2. The fourth-order valence-electron chi connectivity index (χ4n) is 2.49. The van der Waals surface area contributed by atoms with E-state index < -0.39 is 11.1 Å². The van der Waals surface area contributed by atoms with E-state index in [0.717, 1.165) is 10.7 Å². The van der Waals surface area contributed by atoms with Gasteiger partial charge in [-0.1, -0.05) is 24.3 Å². The Morgan fingerprint density at radius 1 is 0.800 bits per heavy atom. The molecule has 0 saturated heterocycles. The first-order chi connectivity index (χ1) is 9.70. The molecule has 2 N–H and O–H groups in total. The lowest BCUT2D eigenvalue weighted by molar-refractivity contribution is 0.646. The average Bonchev–Trinajstić information content (AvgIpc) is 2.44. The molecule has 2 aromatic rings. The normalized spacial score (nSPS) is 22.8. The number of fused-ring (bicyclic) bond motifs is 3. The third kappa shape index (κ3) is 1.58. The molecule has 1 aromatic heterocycles. The monoisotopic (exact) mass is 266 g/mol. The van der Waals surface area contributed by atoms with Crippen LogP contribution in [0.4, 0.5) is 0 Å². The molecule has 6 nitrogen and oxygen atoms in total. The van der Waals surface area contributed by atoms with Crippen LogP contribution in [0, 0.1) is 0 Å². The van der Waals surface area contributed by atoms with E-state index in [4.69, 9.17) is 0 Å². The van der Waals surface area contributed by atoms with E-state index in [1.54, 1.807) is 12.1 Å². The number of hydrogen-bond acceptors (Lipinski definition) is 4. The van der Waals surface area contributed by atoms with Crippen LogP contribution in [0.25, 0.3) is 11.0 Å². The minimum Gasteiger partial charge on any atom is -0.316 e. The number of hydrogen-bond donors (Lipinski definition) is 2. The summed E-state index contributed by atoms with van der Waals surface area (Å²) in [5.41, 5.74) is -0.214. The van der Waals surface area contributed by atoms with Crippen LogP contribution in [-0.2, 0) is 0 Å². The van der Waals surface area contributed by atoms with Crippen LogP contribution in [0.2, 0.25) is 0 Å². The summed E-state index contributed by atoms with van der Waals surface area (Å²) < 4.78 is 0. The molecule has 2 atom stereocenters. The molecular weight excluding hydrogens is 256 g/mol. The number of H-pyrrole nitrogens is 2. The average molecular weight is 266 g/mol. The Labute approximate surface area is 111 Å². The summed E-state index contributed by atoms with van der Waals surface area (Å²) in [6, 6.07) is 3.49. The van der Waals surface area contributed by atoms with E-state index in [1.165, 1.54) is 0 Å². The first kappa shape index (κ1) is 11.1. The molecule has 2 aliphatic rings. The van der Waals surface area contributed by atoms with Crippen LogP contribution in [-0.4, -0.2) is 22.1 Å². The second kappa shape index (κ2) is 3.86. The SMILES string of the molecule is O=c1[nH]c2cc3c(cc2[nH]c1=O)=N[C@@H]1C=CC=C[C@@H]1N=3. The molecule has 2 heterocycles. The second-order valence-electron chi connectivity index (χ2n) is 4.80. The van der Waals surface area contributed by atoms with Crippen LogP contribution in [0.5, 0.6) is 0 Å². The minimum atomic E-state index is -0.663. The van der Waals surface area contributed by atoms with Crippen LogP contribution in [0.3, 0.4) is 0 Å². The van der Waals surface area contributed by atoms with Crippen molar-refractivity contribution < 1.29 is 0 Å². The molecule has 98 valence electrons. The number of nitrogens with zero attached hydrogens (tertiary/aromatic N) is 2. The predicted octanol–water partition coefficient (Wildman–Crippen LogP) is -0.668. The topological polar surface area (TPSA) is 90.4 Å². The van der Waals surface area contributed by atoms with Crippen LogP contribution in [0.1, 0.15) is 0 Å². The molecule has 4 rings (SSSR count). The van der Waals surface area contributed by atoms with Crippen molar-refractivity contribution in [3.63, 3.8) is 0 Å². The fourth-order valence-corrected chi connectivity index (χ4v) is 2.49. The summed E-state index contributed by atoms with van der Waals surface area (Å²) in [6.45, 7) is 0. The number of aromatic amines is 2. The van der Waals surface area contributed by atoms with E-state index in [9.17, 15) is 9.59 Å². The van der Waals surface area contributed by atoms with Gasteiger partial charge in [0.2, 0.25) is 0 Å². The maximum atomic E-state index is 11.4. The van der Waals surface area contributed by atoms with Gasteiger partial charge in [-0.15, -0.1) is 0 Å². The van der Waals surface area contributed by atoms with Crippen molar-refractivity contribution in [3.05, 3.63) is 67.9 Å². The molecule has 0 fully saturated rings. The Morgan fingerprint density at radius 3 is 1.70 bits per heavy atom. The Bertz CT molecular complexity index is 928. The van der Waals surface area contributed by atoms with Crippen molar-refractivity contribution in [3.8, 4) is 0 Å². The van der Waals surface area contributed by atoms with E-state index in [0.29, 0.717) is 11.0 Å². The van der Waals surface area contributed by atoms with Gasteiger partial charge in [-0.05, 0) is 12.1 Å². The van der Waals surface area contributed by atoms with Gasteiger partial charge >= 0.3 is 11.1 Å². The Hall–Kier alpha value is -2.76. The van der Waals surface area contributed by atoms with Crippen LogP contribution >= 0.6 is 0 Å². The van der Waals surface area contributed by atoms with Gasteiger partial charge in [0, 0.05) is 0 Å². The van der Waals surface area contributed by atoms with Crippen LogP contribution < -0.4 is 21.8 Å². The zero-order valence-corrected chi connectivity index (χ0v) is 10.3. The lowest BCUT2D eigenvalue weighted by atomic mass is 10.0. The lowest BCUT2D eigenvalue weighted by Gasteiger charge is -2.19. The van der Waals surface area contributed by atoms with Gasteiger partial charge in [0.1, 0.15) is 0 Å². The smallest absolute Gasteiger partial charge is 0.314 e. The van der Waals surface area contributed by atoms with Crippen molar-refractivity contribution in [2.45, 2.75) is 12.1 Å². The van der Waals surface area contributed by atoms with Gasteiger partial charge in [-0.25, -0.2) is 0 Å². The van der Waals surface area contributed by atoms with E-state index in [1.807, 2.05) is 24.3 Å². The number of nitrogens with one attached hydrogen (secondary N) is 2. The standard InChI is InChI=1S/C14H10N4O2/c19-13-14(20)18-12-6-10-9(5-11(12)17-13)15-7-3-1-2-4-8(7)16-10/h1-8H,(H,17,19)(H,18,20)/t7-,8+. The molecule has 6 heteroatoms. The van der Waals surface area contributed by atoms with Crippen LogP contribution in [0.15, 0.2) is 56.0 Å². The Balaban J connectivity index is 2.08. The summed E-state index contributed by atoms with van der Waals surface area (Å²) in [5, 5.41) is 1.45. The molecule has 0 radical (unpaired) electrons. The maximum Gasteiger partial charge on any atom is 0.314 e. The molecule has 20 heavy (non-hydrogen) atoms. The van der Waals surface area contributed by atoms with Gasteiger partial charge in [0.25, 0.3) is 0 Å². The number of benzene rings is 1. The quantitative estimate of drug-likeness (QED) is 0.619. The highest BCUT2D eigenvalue weighted by atomic mass is 16.2. The largest absolute Gasteiger partial charge is 0.316 e. The van der Waals surface area contributed by atoms with E-state index >= 15 is 0 Å². The zero-order valence-electron chi connectivity index (χ0n) is 10.3.